The number of rotatable bonds is 9. The van der Waals surface area contributed by atoms with Crippen molar-refractivity contribution in [2.75, 3.05) is 20.1 Å². The lowest BCUT2D eigenvalue weighted by molar-refractivity contribution is -0.123. The van der Waals surface area contributed by atoms with Crippen molar-refractivity contribution in [1.29, 1.82) is 0 Å². The zero-order valence-corrected chi connectivity index (χ0v) is 29.0. The second-order valence-electron chi connectivity index (χ2n) is 13.7. The van der Waals surface area contributed by atoms with Crippen LogP contribution in [0.5, 0.6) is 0 Å². The summed E-state index contributed by atoms with van der Waals surface area (Å²) < 4.78 is 15.3. The predicted octanol–water partition coefficient (Wildman–Crippen LogP) is 6.45. The Kier molecular flexibility index (Phi) is 13.5. The lowest BCUT2D eigenvalue weighted by Crippen LogP contribution is -2.40. The molecule has 260 valence electrons. The fourth-order valence-corrected chi connectivity index (χ4v) is 5.60. The minimum absolute atomic E-state index is 0.0551. The molecule has 1 aromatic carbocycles. The number of nitrogens with zero attached hydrogens (tertiary/aromatic N) is 6. The Morgan fingerprint density at radius 3 is 2.17 bits per heavy atom. The van der Waals surface area contributed by atoms with E-state index in [0.717, 1.165) is 68.1 Å². The number of imidazole rings is 2. The summed E-state index contributed by atoms with van der Waals surface area (Å²) in [6, 6.07) is 5.35. The van der Waals surface area contributed by atoms with Crippen LogP contribution in [-0.2, 0) is 16.0 Å². The Balaban J connectivity index is 0.000000969. The van der Waals surface area contributed by atoms with E-state index in [0.29, 0.717) is 22.6 Å². The van der Waals surface area contributed by atoms with E-state index < -0.39 is 0 Å². The van der Waals surface area contributed by atoms with Crippen LogP contribution < -0.4 is 0 Å². The van der Waals surface area contributed by atoms with Crippen molar-refractivity contribution in [3.8, 4) is 33.9 Å². The molecule has 1 aliphatic heterocycles. The molecule has 0 aliphatic carbocycles. The van der Waals surface area contributed by atoms with Gasteiger partial charge in [-0.05, 0) is 99.5 Å². The van der Waals surface area contributed by atoms with Crippen molar-refractivity contribution in [2.45, 2.75) is 90.8 Å². The number of likely N-dealkylation sites (tertiary alicyclic amines) is 1. The van der Waals surface area contributed by atoms with Gasteiger partial charge in [-0.1, -0.05) is 6.07 Å². The molecule has 5 rings (SSSR count). The second kappa shape index (κ2) is 17.1. The highest BCUT2D eigenvalue weighted by Gasteiger charge is 2.35. The van der Waals surface area contributed by atoms with Crippen molar-refractivity contribution >= 4 is 12.9 Å². The average Bonchev–Trinajstić information content (AvgIpc) is 3.81. The number of H-pyrrole nitrogens is 2. The van der Waals surface area contributed by atoms with Gasteiger partial charge in [0.2, 0.25) is 0 Å². The molecule has 12 nitrogen and oxygen atoms in total. The number of hydrogen-bond donors (Lipinski definition) is 4. The number of nitrogens with one attached hydrogen (secondary N) is 2. The molecule has 1 fully saturated rings. The zero-order chi connectivity index (χ0) is 35.5. The maximum Gasteiger partial charge on any atom is 0.290 e. The number of hydrogen-bond acceptors (Lipinski definition) is 8. The smallest absolute Gasteiger partial charge is 0.290 e. The van der Waals surface area contributed by atoms with Gasteiger partial charge in [0.05, 0.1) is 29.8 Å². The summed E-state index contributed by atoms with van der Waals surface area (Å²) in [5, 5.41) is 13.8. The van der Waals surface area contributed by atoms with Gasteiger partial charge in [0.25, 0.3) is 12.9 Å². The Hall–Kier alpha value is -4.49. The third-order valence-electron chi connectivity index (χ3n) is 8.44. The lowest BCUT2D eigenvalue weighted by atomic mass is 10.0. The van der Waals surface area contributed by atoms with Gasteiger partial charge in [0.1, 0.15) is 17.5 Å². The summed E-state index contributed by atoms with van der Waals surface area (Å²) in [6.07, 6.45) is 12.4. The van der Waals surface area contributed by atoms with E-state index in [4.69, 9.17) is 19.8 Å². The summed E-state index contributed by atoms with van der Waals surface area (Å²) >= 11 is 0. The van der Waals surface area contributed by atoms with Crippen LogP contribution in [0.15, 0.2) is 43.0 Å². The summed E-state index contributed by atoms with van der Waals surface area (Å²) in [5.41, 5.74) is 3.77. The average molecular weight is 665 g/mol. The van der Waals surface area contributed by atoms with Gasteiger partial charge in [-0.2, -0.15) is 0 Å². The van der Waals surface area contributed by atoms with Gasteiger partial charge in [-0.25, -0.2) is 24.3 Å². The Morgan fingerprint density at radius 1 is 0.917 bits per heavy atom. The maximum atomic E-state index is 15.3. The largest absolute Gasteiger partial charge is 0.483 e. The first-order valence-corrected chi connectivity index (χ1v) is 16.1. The Bertz CT molecular complexity index is 1590. The third-order valence-corrected chi connectivity index (χ3v) is 8.44. The molecule has 1 aliphatic rings. The number of aromatic amines is 2. The number of aryl methyl sites for hydroxylation is 1. The van der Waals surface area contributed by atoms with Crippen LogP contribution >= 0.6 is 0 Å². The molecular weight excluding hydrogens is 615 g/mol. The van der Waals surface area contributed by atoms with E-state index in [2.05, 4.69) is 88.3 Å². The highest BCUT2D eigenvalue weighted by atomic mass is 19.1. The monoisotopic (exact) mass is 664 g/mol. The number of carboxylic acid groups (broad SMARTS) is 2. The molecule has 0 radical (unpaired) electrons. The van der Waals surface area contributed by atoms with Crippen LogP contribution in [-0.4, -0.2) is 94.1 Å². The van der Waals surface area contributed by atoms with E-state index in [1.54, 1.807) is 24.7 Å². The van der Waals surface area contributed by atoms with Gasteiger partial charge in [0, 0.05) is 46.6 Å². The molecule has 1 saturated heterocycles. The number of aromatic nitrogens is 6. The quantitative estimate of drug-likeness (QED) is 0.115. The molecule has 1 atom stereocenters. The second-order valence-corrected chi connectivity index (χ2v) is 13.7. The van der Waals surface area contributed by atoms with Crippen molar-refractivity contribution in [3.63, 3.8) is 0 Å². The van der Waals surface area contributed by atoms with Crippen molar-refractivity contribution in [3.05, 3.63) is 60.5 Å². The standard InChI is InChI=1S/C33H45FN8.2CH2O2/c1-32(2,3)41(7)15-9-8-12-29-35-20-26(39-29)23-18-36-30(37-19-23)22-13-14-24(25(34)17-22)27-21-38-31(40-27)28-11-10-16-42(28)33(4,5)6;2*2-1-3/h13-14,17-21,28H,8-12,15-16H2,1-7H3,(H,35,39)(H,38,40);2*1H,(H,2,3)/t28-;;/m0../s1. The molecule has 4 aromatic rings. The van der Waals surface area contributed by atoms with Crippen molar-refractivity contribution in [2.24, 2.45) is 0 Å². The van der Waals surface area contributed by atoms with Crippen molar-refractivity contribution in [1.82, 2.24) is 39.7 Å². The zero-order valence-electron chi connectivity index (χ0n) is 29.0. The summed E-state index contributed by atoms with van der Waals surface area (Å²) in [6.45, 7) is 15.0. The first-order chi connectivity index (χ1) is 22.7. The van der Waals surface area contributed by atoms with E-state index in [9.17, 15) is 0 Å². The van der Waals surface area contributed by atoms with Gasteiger partial charge < -0.3 is 25.1 Å². The summed E-state index contributed by atoms with van der Waals surface area (Å²) in [7, 11) is 2.17. The minimum Gasteiger partial charge on any atom is -0.483 e. The third kappa shape index (κ3) is 10.3. The molecule has 13 heteroatoms. The van der Waals surface area contributed by atoms with Crippen LogP contribution in [0.3, 0.4) is 0 Å². The lowest BCUT2D eigenvalue weighted by Gasteiger charge is -2.36. The van der Waals surface area contributed by atoms with Crippen molar-refractivity contribution < 1.29 is 24.2 Å². The van der Waals surface area contributed by atoms with Crippen LogP contribution in [0, 0.1) is 5.82 Å². The topological polar surface area (TPSA) is 164 Å². The van der Waals surface area contributed by atoms with Gasteiger partial charge in [-0.15, -0.1) is 0 Å². The number of halogens is 1. The number of benzene rings is 1. The molecule has 4 N–H and O–H groups in total. The van der Waals surface area contributed by atoms with Gasteiger partial charge in [-0.3, -0.25) is 14.5 Å². The Labute approximate surface area is 281 Å². The van der Waals surface area contributed by atoms with E-state index >= 15 is 4.39 Å². The molecule has 0 bridgehead atoms. The Morgan fingerprint density at radius 2 is 1.56 bits per heavy atom. The van der Waals surface area contributed by atoms with E-state index in [1.807, 2.05) is 12.3 Å². The first kappa shape index (κ1) is 38.0. The number of carbonyl (C=O) groups is 2. The van der Waals surface area contributed by atoms with E-state index in [-0.39, 0.29) is 35.9 Å². The van der Waals surface area contributed by atoms with Crippen LogP contribution in [0.2, 0.25) is 0 Å². The molecule has 0 unspecified atom stereocenters. The number of unbranched alkanes of at least 4 members (excludes halogenated alkanes) is 1. The van der Waals surface area contributed by atoms with Crippen LogP contribution in [0.1, 0.15) is 84.9 Å². The molecule has 4 heterocycles. The van der Waals surface area contributed by atoms with Gasteiger partial charge >= 0.3 is 0 Å². The fourth-order valence-electron chi connectivity index (χ4n) is 5.60. The van der Waals surface area contributed by atoms with E-state index in [1.165, 1.54) is 6.07 Å². The highest BCUT2D eigenvalue weighted by Crippen LogP contribution is 2.37. The molecule has 48 heavy (non-hydrogen) atoms. The minimum atomic E-state index is -0.332. The molecule has 3 aromatic heterocycles. The maximum absolute atomic E-state index is 15.3. The summed E-state index contributed by atoms with van der Waals surface area (Å²) in [4.78, 5) is 46.6. The normalized spacial score (nSPS) is 15.0. The highest BCUT2D eigenvalue weighted by molar-refractivity contribution is 5.66. The van der Waals surface area contributed by atoms with Crippen LogP contribution in [0.25, 0.3) is 33.9 Å². The molecule has 0 amide bonds. The molecular formula is C35H49FN8O4. The SMILES string of the molecule is CN(CCCCc1ncc(-c2cnc(-c3ccc(-c4cnc([C@@H]5CCCN5C(C)(C)C)[nH]4)c(F)c3)nc2)[nH]1)C(C)(C)C.O=CO.O=CO. The summed E-state index contributed by atoms with van der Waals surface area (Å²) in [5.74, 6) is 2.01. The predicted molar refractivity (Wildman–Crippen MR) is 184 cm³/mol. The van der Waals surface area contributed by atoms with Crippen LogP contribution in [0.4, 0.5) is 4.39 Å². The molecule has 0 spiro atoms. The van der Waals surface area contributed by atoms with Gasteiger partial charge in [0.15, 0.2) is 5.82 Å². The molecule has 0 saturated carbocycles. The first-order valence-electron chi connectivity index (χ1n) is 16.1. The fraction of sp³-hybridized carbons (Fsp3) is 0.486.